The number of nitrogens with zero attached hydrogens (tertiary/aromatic N) is 1. The van der Waals surface area contributed by atoms with Crippen LogP contribution >= 0.6 is 0 Å². The number of sulfonamides is 1. The molecule has 0 bridgehead atoms. The number of rotatable bonds is 5. The summed E-state index contributed by atoms with van der Waals surface area (Å²) in [5.41, 5.74) is 4.98. The Labute approximate surface area is 155 Å². The summed E-state index contributed by atoms with van der Waals surface area (Å²) in [6.07, 6.45) is 0.727. The fourth-order valence-electron chi connectivity index (χ4n) is 3.11. The van der Waals surface area contributed by atoms with Gasteiger partial charge in [0.1, 0.15) is 0 Å². The van der Waals surface area contributed by atoms with Crippen LogP contribution < -0.4 is 5.32 Å². The molecule has 0 radical (unpaired) electrons. The van der Waals surface area contributed by atoms with Gasteiger partial charge in [-0.3, -0.25) is 4.79 Å². The number of carbonyl (C=O) groups is 1. The third kappa shape index (κ3) is 4.14. The summed E-state index contributed by atoms with van der Waals surface area (Å²) < 4.78 is 26.7. The average Bonchev–Trinajstić information content (AvgIpc) is 2.63. The molecule has 0 aliphatic carbocycles. The Morgan fingerprint density at radius 1 is 1.08 bits per heavy atom. The molecule has 1 heterocycles. The molecule has 138 valence electrons. The van der Waals surface area contributed by atoms with Crippen molar-refractivity contribution >= 4 is 15.9 Å². The molecule has 0 aromatic heterocycles. The van der Waals surface area contributed by atoms with Crippen molar-refractivity contribution in [2.45, 2.75) is 26.8 Å². The maximum absolute atomic E-state index is 12.6. The lowest BCUT2D eigenvalue weighted by Gasteiger charge is -2.28. The zero-order valence-corrected chi connectivity index (χ0v) is 16.0. The molecule has 1 aliphatic rings. The Hall–Kier alpha value is -2.18. The van der Waals surface area contributed by atoms with Crippen LogP contribution in [0.5, 0.6) is 0 Å². The van der Waals surface area contributed by atoms with Gasteiger partial charge in [0.2, 0.25) is 10.0 Å². The third-order valence-corrected chi connectivity index (χ3v) is 6.72. The van der Waals surface area contributed by atoms with Crippen LogP contribution in [0.25, 0.3) is 0 Å². The van der Waals surface area contributed by atoms with Crippen LogP contribution in [0.3, 0.4) is 0 Å². The van der Waals surface area contributed by atoms with Gasteiger partial charge in [0.15, 0.2) is 0 Å². The molecular weight excluding hydrogens is 348 g/mol. The van der Waals surface area contributed by atoms with Gasteiger partial charge in [0.05, 0.1) is 5.75 Å². The highest BCUT2D eigenvalue weighted by molar-refractivity contribution is 7.89. The summed E-state index contributed by atoms with van der Waals surface area (Å²) in [5, 5.41) is 2.72. The van der Waals surface area contributed by atoms with Crippen LogP contribution in [0.4, 0.5) is 0 Å². The largest absolute Gasteiger partial charge is 0.351 e. The fraction of sp³-hybridized carbons (Fsp3) is 0.350. The molecule has 1 N–H and O–H groups in total. The molecule has 1 amide bonds. The summed E-state index contributed by atoms with van der Waals surface area (Å²) >= 11 is 0. The number of aryl methyl sites for hydroxylation is 2. The van der Waals surface area contributed by atoms with Gasteiger partial charge < -0.3 is 5.32 Å². The highest BCUT2D eigenvalue weighted by atomic mass is 32.2. The fourth-order valence-corrected chi connectivity index (χ4v) is 4.44. The van der Waals surface area contributed by atoms with Crippen LogP contribution in [0, 0.1) is 13.8 Å². The maximum Gasteiger partial charge on any atom is 0.251 e. The Bertz CT molecular complexity index is 922. The topological polar surface area (TPSA) is 66.5 Å². The van der Waals surface area contributed by atoms with Crippen LogP contribution in [-0.4, -0.2) is 37.5 Å². The Morgan fingerprint density at radius 2 is 1.81 bits per heavy atom. The Kier molecular flexibility index (Phi) is 5.44. The number of nitrogens with one attached hydrogen (secondary N) is 1. The van der Waals surface area contributed by atoms with Gasteiger partial charge in [-0.2, -0.15) is 4.31 Å². The molecule has 0 saturated carbocycles. The summed E-state index contributed by atoms with van der Waals surface area (Å²) in [5.74, 6) is -0.335. The van der Waals surface area contributed by atoms with E-state index in [0.717, 1.165) is 23.1 Å². The second-order valence-electron chi connectivity index (χ2n) is 6.72. The number of fused-ring (bicyclic) bond motifs is 1. The zero-order chi connectivity index (χ0) is 18.7. The van der Waals surface area contributed by atoms with E-state index in [2.05, 4.69) is 5.32 Å². The lowest BCUT2D eigenvalue weighted by atomic mass is 10.0. The van der Waals surface area contributed by atoms with Crippen molar-refractivity contribution in [1.82, 2.24) is 9.62 Å². The van der Waals surface area contributed by atoms with Crippen molar-refractivity contribution in [1.29, 1.82) is 0 Å². The first kappa shape index (κ1) is 18.6. The normalized spacial score (nSPS) is 14.7. The van der Waals surface area contributed by atoms with Crippen molar-refractivity contribution < 1.29 is 13.2 Å². The Balaban J connectivity index is 1.57. The van der Waals surface area contributed by atoms with E-state index in [9.17, 15) is 13.2 Å². The minimum absolute atomic E-state index is 0.0915. The monoisotopic (exact) mass is 372 g/mol. The van der Waals surface area contributed by atoms with E-state index in [1.807, 2.05) is 50.2 Å². The minimum Gasteiger partial charge on any atom is -0.351 e. The molecule has 26 heavy (non-hydrogen) atoms. The summed E-state index contributed by atoms with van der Waals surface area (Å²) in [6, 6.07) is 13.4. The van der Waals surface area contributed by atoms with Crippen LogP contribution in [-0.2, 0) is 23.0 Å². The SMILES string of the molecule is Cc1ccc(C(=O)NCCS(=O)(=O)N2CCc3ccccc3C2)cc1C. The van der Waals surface area contributed by atoms with Gasteiger partial charge >= 0.3 is 0 Å². The first-order chi connectivity index (χ1) is 12.4. The number of hydrogen-bond acceptors (Lipinski definition) is 3. The van der Waals surface area contributed by atoms with Gasteiger partial charge in [0, 0.05) is 25.2 Å². The molecule has 1 aliphatic heterocycles. The second kappa shape index (κ2) is 7.60. The third-order valence-electron chi connectivity index (χ3n) is 4.90. The van der Waals surface area contributed by atoms with E-state index < -0.39 is 10.0 Å². The molecule has 0 fully saturated rings. The molecule has 6 heteroatoms. The highest BCUT2D eigenvalue weighted by Gasteiger charge is 2.26. The molecule has 2 aromatic carbocycles. The molecule has 5 nitrogen and oxygen atoms in total. The van der Waals surface area contributed by atoms with Gasteiger partial charge in [-0.05, 0) is 54.7 Å². The number of amides is 1. The van der Waals surface area contributed by atoms with Crippen molar-refractivity contribution in [2.24, 2.45) is 0 Å². The number of hydrogen-bond donors (Lipinski definition) is 1. The standard InChI is InChI=1S/C20H24N2O3S/c1-15-7-8-18(13-16(15)2)20(23)21-10-12-26(24,25)22-11-9-17-5-3-4-6-19(17)14-22/h3-8,13H,9-12,14H2,1-2H3,(H,21,23). The van der Waals surface area contributed by atoms with E-state index in [0.29, 0.717) is 18.7 Å². The predicted molar refractivity (Wildman–Crippen MR) is 103 cm³/mol. The smallest absolute Gasteiger partial charge is 0.251 e. The van der Waals surface area contributed by atoms with E-state index in [-0.39, 0.29) is 18.2 Å². The lowest BCUT2D eigenvalue weighted by molar-refractivity contribution is 0.0956. The summed E-state index contributed by atoms with van der Waals surface area (Å²) in [6.45, 7) is 4.94. The number of carbonyl (C=O) groups excluding carboxylic acids is 1. The minimum atomic E-state index is -3.40. The quantitative estimate of drug-likeness (QED) is 0.877. The van der Waals surface area contributed by atoms with Crippen molar-refractivity contribution in [2.75, 3.05) is 18.8 Å². The second-order valence-corrected chi connectivity index (χ2v) is 8.81. The molecule has 0 unspecified atom stereocenters. The first-order valence-corrected chi connectivity index (χ1v) is 10.4. The molecule has 2 aromatic rings. The van der Waals surface area contributed by atoms with Crippen LogP contribution in [0.15, 0.2) is 42.5 Å². The van der Waals surface area contributed by atoms with Crippen LogP contribution in [0.2, 0.25) is 0 Å². The molecule has 0 spiro atoms. The van der Waals surface area contributed by atoms with Crippen LogP contribution in [0.1, 0.15) is 32.6 Å². The average molecular weight is 372 g/mol. The predicted octanol–water partition coefficient (Wildman–Crippen LogP) is 2.42. The first-order valence-electron chi connectivity index (χ1n) is 8.77. The summed E-state index contributed by atoms with van der Waals surface area (Å²) in [7, 11) is -3.40. The zero-order valence-electron chi connectivity index (χ0n) is 15.2. The van der Waals surface area contributed by atoms with Crippen molar-refractivity contribution in [3.8, 4) is 0 Å². The van der Waals surface area contributed by atoms with Gasteiger partial charge in [0.25, 0.3) is 5.91 Å². The maximum atomic E-state index is 12.6. The van der Waals surface area contributed by atoms with Gasteiger partial charge in [-0.1, -0.05) is 30.3 Å². The van der Waals surface area contributed by atoms with E-state index >= 15 is 0 Å². The van der Waals surface area contributed by atoms with E-state index in [1.165, 1.54) is 9.87 Å². The van der Waals surface area contributed by atoms with Gasteiger partial charge in [-0.15, -0.1) is 0 Å². The molecular formula is C20H24N2O3S. The van der Waals surface area contributed by atoms with E-state index in [4.69, 9.17) is 0 Å². The number of benzene rings is 2. The highest BCUT2D eigenvalue weighted by Crippen LogP contribution is 2.20. The lowest BCUT2D eigenvalue weighted by Crippen LogP contribution is -2.40. The molecule has 0 atom stereocenters. The molecule has 3 rings (SSSR count). The van der Waals surface area contributed by atoms with E-state index in [1.54, 1.807) is 6.07 Å². The van der Waals surface area contributed by atoms with Crippen molar-refractivity contribution in [3.05, 3.63) is 70.3 Å². The summed E-state index contributed by atoms with van der Waals surface area (Å²) in [4.78, 5) is 12.2. The Morgan fingerprint density at radius 3 is 2.54 bits per heavy atom. The molecule has 0 saturated heterocycles. The van der Waals surface area contributed by atoms with Crippen molar-refractivity contribution in [3.63, 3.8) is 0 Å². The van der Waals surface area contributed by atoms with Gasteiger partial charge in [-0.25, -0.2) is 8.42 Å².